The number of benzene rings is 1. The Morgan fingerprint density at radius 3 is 2.66 bits per heavy atom. The third kappa shape index (κ3) is 5.03. The van der Waals surface area contributed by atoms with Gasteiger partial charge in [0, 0.05) is 18.2 Å². The minimum Gasteiger partial charge on any atom is -0.486 e. The minimum absolute atomic E-state index is 0.0288. The number of ether oxygens (including phenoxy) is 3. The van der Waals surface area contributed by atoms with Gasteiger partial charge in [-0.2, -0.15) is 0 Å². The molecule has 0 aliphatic carbocycles. The van der Waals surface area contributed by atoms with Crippen LogP contribution in [0.25, 0.3) is 11.0 Å². The first-order valence-electron chi connectivity index (χ1n) is 12.0. The second-order valence-electron chi connectivity index (χ2n) is 9.07. The van der Waals surface area contributed by atoms with Crippen LogP contribution < -0.4 is 14.2 Å². The first kappa shape index (κ1) is 23.7. The highest BCUT2D eigenvalue weighted by Gasteiger charge is 2.31. The molecule has 4 heterocycles. The maximum absolute atomic E-state index is 14.6. The Morgan fingerprint density at radius 1 is 1.11 bits per heavy atom. The molecule has 0 saturated carbocycles. The number of aliphatic hydroxyl groups is 2. The standard InChI is InChI=1S/C26H30FN3O5/c1-33-23-5-3-20-24(29-23)18(19(27)15-28-20)8-11-30-9-6-16(7-10-30)25(31)26(32)17-2-4-21-22(14-17)35-13-12-34-21/h2-5,14-16,25-26,31-32H,6-13H2,1H3/t25-,26-/m0/s1. The van der Waals surface area contributed by atoms with Crippen LogP contribution in [-0.4, -0.2) is 71.1 Å². The molecule has 0 spiro atoms. The Morgan fingerprint density at radius 2 is 1.89 bits per heavy atom. The van der Waals surface area contributed by atoms with Gasteiger partial charge in [-0.15, -0.1) is 0 Å². The summed E-state index contributed by atoms with van der Waals surface area (Å²) in [6.45, 7) is 3.16. The van der Waals surface area contributed by atoms with Crippen molar-refractivity contribution in [3.05, 3.63) is 53.5 Å². The van der Waals surface area contributed by atoms with Crippen LogP contribution in [0.5, 0.6) is 17.4 Å². The second-order valence-corrected chi connectivity index (χ2v) is 9.07. The predicted octanol–water partition coefficient (Wildman–Crippen LogP) is 2.90. The molecule has 1 aromatic carbocycles. The first-order valence-corrected chi connectivity index (χ1v) is 12.0. The van der Waals surface area contributed by atoms with Crippen LogP contribution in [0.3, 0.4) is 0 Å². The summed E-state index contributed by atoms with van der Waals surface area (Å²) in [5.74, 6) is 1.28. The van der Waals surface area contributed by atoms with Gasteiger partial charge in [-0.1, -0.05) is 6.07 Å². The fourth-order valence-corrected chi connectivity index (χ4v) is 4.92. The quantitative estimate of drug-likeness (QED) is 0.530. The van der Waals surface area contributed by atoms with E-state index >= 15 is 0 Å². The first-order chi connectivity index (χ1) is 17.0. The summed E-state index contributed by atoms with van der Waals surface area (Å²) >= 11 is 0. The fourth-order valence-electron chi connectivity index (χ4n) is 4.92. The normalized spacial score (nSPS) is 18.4. The number of halogens is 1. The molecule has 0 unspecified atom stereocenters. The van der Waals surface area contributed by atoms with Gasteiger partial charge in [-0.25, -0.2) is 9.37 Å². The molecular formula is C26H30FN3O5. The number of hydrogen-bond acceptors (Lipinski definition) is 8. The van der Waals surface area contributed by atoms with Gasteiger partial charge in [0.1, 0.15) is 25.1 Å². The Balaban J connectivity index is 1.18. The van der Waals surface area contributed by atoms with Gasteiger partial charge in [0.15, 0.2) is 11.5 Å². The van der Waals surface area contributed by atoms with E-state index in [2.05, 4.69) is 14.9 Å². The smallest absolute Gasteiger partial charge is 0.213 e. The number of pyridine rings is 2. The summed E-state index contributed by atoms with van der Waals surface area (Å²) in [6, 6.07) is 8.78. The van der Waals surface area contributed by atoms with Gasteiger partial charge in [0.05, 0.1) is 30.4 Å². The zero-order valence-corrected chi connectivity index (χ0v) is 19.7. The molecule has 9 heteroatoms. The average Bonchev–Trinajstić information content (AvgIpc) is 2.91. The number of piperidine rings is 1. The third-order valence-corrected chi connectivity index (χ3v) is 6.97. The van der Waals surface area contributed by atoms with E-state index < -0.39 is 12.2 Å². The van der Waals surface area contributed by atoms with Crippen LogP contribution in [0, 0.1) is 11.7 Å². The van der Waals surface area contributed by atoms with Crippen molar-refractivity contribution in [3.8, 4) is 17.4 Å². The molecule has 186 valence electrons. The number of aliphatic hydroxyl groups excluding tert-OH is 2. The maximum Gasteiger partial charge on any atom is 0.213 e. The summed E-state index contributed by atoms with van der Waals surface area (Å²) in [5, 5.41) is 21.7. The van der Waals surface area contributed by atoms with E-state index in [-0.39, 0.29) is 11.7 Å². The van der Waals surface area contributed by atoms with Gasteiger partial charge in [0.2, 0.25) is 5.88 Å². The molecule has 2 aliphatic rings. The van der Waals surface area contributed by atoms with Gasteiger partial charge < -0.3 is 29.3 Å². The molecule has 0 bridgehead atoms. The van der Waals surface area contributed by atoms with E-state index in [1.807, 2.05) is 0 Å². The van der Waals surface area contributed by atoms with Crippen LogP contribution in [-0.2, 0) is 6.42 Å². The van der Waals surface area contributed by atoms with E-state index in [0.717, 1.165) is 25.9 Å². The Labute approximate surface area is 203 Å². The van der Waals surface area contributed by atoms with Crippen LogP contribution >= 0.6 is 0 Å². The maximum atomic E-state index is 14.6. The second kappa shape index (κ2) is 10.3. The molecule has 3 aromatic rings. The van der Waals surface area contributed by atoms with E-state index in [1.54, 1.807) is 30.3 Å². The summed E-state index contributed by atoms with van der Waals surface area (Å²) in [7, 11) is 1.53. The van der Waals surface area contributed by atoms with Crippen molar-refractivity contribution < 1.29 is 28.8 Å². The Bertz CT molecular complexity index is 1190. The predicted molar refractivity (Wildman–Crippen MR) is 127 cm³/mol. The van der Waals surface area contributed by atoms with E-state index in [0.29, 0.717) is 65.7 Å². The number of methoxy groups -OCH3 is 1. The number of aromatic nitrogens is 2. The molecule has 0 amide bonds. The number of fused-ring (bicyclic) bond motifs is 2. The summed E-state index contributed by atoms with van der Waals surface area (Å²) in [6.07, 6.45) is 1.35. The van der Waals surface area contributed by atoms with Gasteiger partial charge in [0.25, 0.3) is 0 Å². The summed E-state index contributed by atoms with van der Waals surface area (Å²) < 4.78 is 30.9. The van der Waals surface area contributed by atoms with Gasteiger partial charge in [-0.05, 0) is 62.0 Å². The van der Waals surface area contributed by atoms with Crippen molar-refractivity contribution in [2.45, 2.75) is 31.5 Å². The molecule has 2 aromatic heterocycles. The lowest BCUT2D eigenvalue weighted by atomic mass is 9.86. The molecular weight excluding hydrogens is 453 g/mol. The highest BCUT2D eigenvalue weighted by molar-refractivity contribution is 5.78. The number of hydrogen-bond donors (Lipinski definition) is 2. The molecule has 2 atom stereocenters. The van der Waals surface area contributed by atoms with Crippen molar-refractivity contribution >= 4 is 11.0 Å². The van der Waals surface area contributed by atoms with E-state index in [4.69, 9.17) is 14.2 Å². The van der Waals surface area contributed by atoms with Crippen LogP contribution in [0.1, 0.15) is 30.1 Å². The molecule has 8 nitrogen and oxygen atoms in total. The molecule has 1 fully saturated rings. The topological polar surface area (TPSA) is 97.2 Å². The minimum atomic E-state index is -0.999. The molecule has 35 heavy (non-hydrogen) atoms. The lowest BCUT2D eigenvalue weighted by Crippen LogP contribution is -2.40. The van der Waals surface area contributed by atoms with Gasteiger partial charge >= 0.3 is 0 Å². The van der Waals surface area contributed by atoms with Crippen LogP contribution in [0.2, 0.25) is 0 Å². The zero-order chi connectivity index (χ0) is 24.4. The molecule has 0 radical (unpaired) electrons. The summed E-state index contributed by atoms with van der Waals surface area (Å²) in [4.78, 5) is 10.8. The van der Waals surface area contributed by atoms with Crippen LogP contribution in [0.15, 0.2) is 36.5 Å². The van der Waals surface area contributed by atoms with Crippen molar-refractivity contribution in [2.24, 2.45) is 5.92 Å². The Kier molecular flexibility index (Phi) is 6.99. The van der Waals surface area contributed by atoms with Gasteiger partial charge in [-0.3, -0.25) is 4.98 Å². The lowest BCUT2D eigenvalue weighted by molar-refractivity contribution is -0.0361. The van der Waals surface area contributed by atoms with E-state index in [1.165, 1.54) is 13.3 Å². The van der Waals surface area contributed by atoms with E-state index in [9.17, 15) is 14.6 Å². The average molecular weight is 484 g/mol. The lowest BCUT2D eigenvalue weighted by Gasteiger charge is -2.36. The number of likely N-dealkylation sites (tertiary alicyclic amines) is 1. The molecule has 2 aliphatic heterocycles. The zero-order valence-electron chi connectivity index (χ0n) is 19.7. The monoisotopic (exact) mass is 483 g/mol. The summed E-state index contributed by atoms with van der Waals surface area (Å²) in [5.41, 5.74) is 2.31. The van der Waals surface area contributed by atoms with Crippen molar-refractivity contribution in [3.63, 3.8) is 0 Å². The largest absolute Gasteiger partial charge is 0.486 e. The van der Waals surface area contributed by atoms with Crippen LogP contribution in [0.4, 0.5) is 4.39 Å². The fraction of sp³-hybridized carbons (Fsp3) is 0.462. The van der Waals surface area contributed by atoms with Crippen molar-refractivity contribution in [1.82, 2.24) is 14.9 Å². The third-order valence-electron chi connectivity index (χ3n) is 6.97. The molecule has 1 saturated heterocycles. The highest BCUT2D eigenvalue weighted by Crippen LogP contribution is 2.35. The highest BCUT2D eigenvalue weighted by atomic mass is 19.1. The number of nitrogens with zero attached hydrogens (tertiary/aromatic N) is 3. The molecule has 2 N–H and O–H groups in total. The van der Waals surface area contributed by atoms with Crippen molar-refractivity contribution in [2.75, 3.05) is 40.0 Å². The SMILES string of the molecule is COc1ccc2ncc(F)c(CCN3CCC([C@H](O)[C@@H](O)c4ccc5c(c4)OCCO5)CC3)c2n1. The molecule has 5 rings (SSSR count). The van der Waals surface area contributed by atoms with Crippen molar-refractivity contribution in [1.29, 1.82) is 0 Å². The number of rotatable bonds is 7. The Hall–Kier alpha value is -3.01.